The van der Waals surface area contributed by atoms with Gasteiger partial charge >= 0.3 is 0 Å². The normalized spacial score (nSPS) is 13.5. The smallest absolute Gasteiger partial charge is 0.00966 e. The van der Waals surface area contributed by atoms with E-state index in [2.05, 4.69) is 46.0 Å². The van der Waals surface area contributed by atoms with Gasteiger partial charge in [-0.15, -0.1) is 0 Å². The van der Waals surface area contributed by atoms with E-state index in [-0.39, 0.29) is 5.54 Å². The average molecular weight is 183 g/mol. The maximum Gasteiger partial charge on any atom is 0.00966 e. The summed E-state index contributed by atoms with van der Waals surface area (Å²) >= 11 is 0. The molecule has 0 aliphatic carbocycles. The highest BCUT2D eigenvalue weighted by Gasteiger charge is 2.06. The zero-order valence-electron chi connectivity index (χ0n) is 9.91. The van der Waals surface area contributed by atoms with Gasteiger partial charge in [0, 0.05) is 5.54 Å². The first-order valence-corrected chi connectivity index (χ1v) is 5.36. The Balaban J connectivity index is 3.50. The fourth-order valence-corrected chi connectivity index (χ4v) is 1.26. The van der Waals surface area contributed by atoms with Crippen molar-refractivity contribution in [3.05, 3.63) is 11.6 Å². The number of hydrogen-bond donors (Lipinski definition) is 1. The lowest BCUT2D eigenvalue weighted by atomic mass is 10.1. The van der Waals surface area contributed by atoms with Crippen LogP contribution in [0.2, 0.25) is 0 Å². The molecule has 0 heterocycles. The zero-order valence-corrected chi connectivity index (χ0v) is 9.91. The number of nitrogens with one attached hydrogen (secondary N) is 1. The Morgan fingerprint density at radius 3 is 2.38 bits per heavy atom. The van der Waals surface area contributed by atoms with Gasteiger partial charge in [0.05, 0.1) is 0 Å². The van der Waals surface area contributed by atoms with Crippen LogP contribution in [0.25, 0.3) is 0 Å². The molecule has 0 saturated carbocycles. The minimum Gasteiger partial charge on any atom is -0.312 e. The first-order valence-electron chi connectivity index (χ1n) is 5.36. The van der Waals surface area contributed by atoms with Crippen molar-refractivity contribution in [2.24, 2.45) is 0 Å². The minimum atomic E-state index is 0.256. The van der Waals surface area contributed by atoms with Gasteiger partial charge in [-0.2, -0.15) is 0 Å². The van der Waals surface area contributed by atoms with E-state index in [1.807, 2.05) is 0 Å². The zero-order chi connectivity index (χ0) is 10.3. The number of allylic oxidation sites excluding steroid dienone is 1. The Morgan fingerprint density at radius 1 is 1.31 bits per heavy atom. The SMILES string of the molecule is CCCC(C)=CCCNC(C)(C)C. The van der Waals surface area contributed by atoms with Crippen LogP contribution in [0.4, 0.5) is 0 Å². The van der Waals surface area contributed by atoms with E-state index in [0.29, 0.717) is 0 Å². The molecule has 0 aromatic carbocycles. The molecule has 0 amide bonds. The highest BCUT2D eigenvalue weighted by atomic mass is 14.9. The van der Waals surface area contributed by atoms with Gasteiger partial charge in [-0.1, -0.05) is 25.0 Å². The van der Waals surface area contributed by atoms with Crippen molar-refractivity contribution >= 4 is 0 Å². The standard InChI is InChI=1S/C12H25N/c1-6-8-11(2)9-7-10-13-12(3,4)5/h9,13H,6-8,10H2,1-5H3. The summed E-state index contributed by atoms with van der Waals surface area (Å²) in [6.07, 6.45) is 6.01. The maximum absolute atomic E-state index is 3.47. The van der Waals surface area contributed by atoms with E-state index in [4.69, 9.17) is 0 Å². The summed E-state index contributed by atoms with van der Waals surface area (Å²) in [6.45, 7) is 12.1. The molecule has 0 spiro atoms. The molecule has 0 aromatic heterocycles. The predicted molar refractivity (Wildman–Crippen MR) is 61.0 cm³/mol. The fraction of sp³-hybridized carbons (Fsp3) is 0.833. The van der Waals surface area contributed by atoms with Crippen LogP contribution in [0.15, 0.2) is 11.6 Å². The molecular weight excluding hydrogens is 158 g/mol. The van der Waals surface area contributed by atoms with E-state index in [1.165, 1.54) is 18.4 Å². The largest absolute Gasteiger partial charge is 0.312 e. The van der Waals surface area contributed by atoms with Crippen LogP contribution in [-0.2, 0) is 0 Å². The Bertz CT molecular complexity index is 151. The quantitative estimate of drug-likeness (QED) is 0.508. The molecule has 1 nitrogen and oxygen atoms in total. The van der Waals surface area contributed by atoms with E-state index in [1.54, 1.807) is 0 Å². The minimum absolute atomic E-state index is 0.256. The van der Waals surface area contributed by atoms with E-state index in [0.717, 1.165) is 13.0 Å². The third-order valence-electron chi connectivity index (χ3n) is 1.94. The van der Waals surface area contributed by atoms with Gasteiger partial charge in [0.1, 0.15) is 0 Å². The molecule has 0 unspecified atom stereocenters. The first kappa shape index (κ1) is 12.7. The third-order valence-corrected chi connectivity index (χ3v) is 1.94. The molecule has 0 bridgehead atoms. The highest BCUT2D eigenvalue weighted by Crippen LogP contribution is 2.04. The molecule has 1 N–H and O–H groups in total. The Kier molecular flexibility index (Phi) is 6.06. The van der Waals surface area contributed by atoms with E-state index < -0.39 is 0 Å². The van der Waals surface area contributed by atoms with Crippen molar-refractivity contribution in [1.82, 2.24) is 5.32 Å². The maximum atomic E-state index is 3.47. The second-order valence-electron chi connectivity index (χ2n) is 4.77. The van der Waals surface area contributed by atoms with Crippen LogP contribution in [-0.4, -0.2) is 12.1 Å². The van der Waals surface area contributed by atoms with Crippen molar-refractivity contribution < 1.29 is 0 Å². The van der Waals surface area contributed by atoms with Gasteiger partial charge in [-0.05, 0) is 47.1 Å². The molecule has 1 heteroatoms. The van der Waals surface area contributed by atoms with Crippen LogP contribution in [0.3, 0.4) is 0 Å². The van der Waals surface area contributed by atoms with Crippen LogP contribution >= 0.6 is 0 Å². The number of hydrogen-bond acceptors (Lipinski definition) is 1. The molecule has 0 rings (SSSR count). The van der Waals surface area contributed by atoms with Gasteiger partial charge in [0.2, 0.25) is 0 Å². The van der Waals surface area contributed by atoms with Gasteiger partial charge in [-0.25, -0.2) is 0 Å². The van der Waals surface area contributed by atoms with Crippen molar-refractivity contribution in [3.8, 4) is 0 Å². The Hall–Kier alpha value is -0.300. The van der Waals surface area contributed by atoms with Gasteiger partial charge in [0.25, 0.3) is 0 Å². The molecule has 0 aliphatic heterocycles. The molecule has 0 atom stereocenters. The summed E-state index contributed by atoms with van der Waals surface area (Å²) in [7, 11) is 0. The number of rotatable bonds is 5. The van der Waals surface area contributed by atoms with Crippen molar-refractivity contribution in [2.75, 3.05) is 6.54 Å². The highest BCUT2D eigenvalue weighted by molar-refractivity contribution is 4.97. The van der Waals surface area contributed by atoms with Gasteiger partial charge < -0.3 is 5.32 Å². The molecule has 78 valence electrons. The van der Waals surface area contributed by atoms with Gasteiger partial charge in [0.15, 0.2) is 0 Å². The van der Waals surface area contributed by atoms with Crippen LogP contribution in [0.5, 0.6) is 0 Å². The molecule has 0 aromatic rings. The summed E-state index contributed by atoms with van der Waals surface area (Å²) in [5, 5.41) is 3.47. The Labute approximate surface area is 83.6 Å². The first-order chi connectivity index (χ1) is 5.95. The molecular formula is C12H25N. The third kappa shape index (κ3) is 9.62. The van der Waals surface area contributed by atoms with Gasteiger partial charge in [-0.3, -0.25) is 0 Å². The fourth-order valence-electron chi connectivity index (χ4n) is 1.26. The molecule has 13 heavy (non-hydrogen) atoms. The lowest BCUT2D eigenvalue weighted by Gasteiger charge is -2.19. The summed E-state index contributed by atoms with van der Waals surface area (Å²) in [5.74, 6) is 0. The van der Waals surface area contributed by atoms with Crippen LogP contribution in [0.1, 0.15) is 53.9 Å². The lowest BCUT2D eigenvalue weighted by molar-refractivity contribution is 0.431. The second kappa shape index (κ2) is 6.20. The molecule has 0 radical (unpaired) electrons. The van der Waals surface area contributed by atoms with Crippen molar-refractivity contribution in [3.63, 3.8) is 0 Å². The average Bonchev–Trinajstić information content (AvgIpc) is 1.97. The lowest BCUT2D eigenvalue weighted by Crippen LogP contribution is -2.36. The van der Waals surface area contributed by atoms with E-state index in [9.17, 15) is 0 Å². The summed E-state index contributed by atoms with van der Waals surface area (Å²) in [4.78, 5) is 0. The van der Waals surface area contributed by atoms with E-state index >= 15 is 0 Å². The Morgan fingerprint density at radius 2 is 1.92 bits per heavy atom. The predicted octanol–water partition coefficient (Wildman–Crippen LogP) is 3.51. The summed E-state index contributed by atoms with van der Waals surface area (Å²) in [5.41, 5.74) is 1.78. The summed E-state index contributed by atoms with van der Waals surface area (Å²) in [6, 6.07) is 0. The summed E-state index contributed by atoms with van der Waals surface area (Å²) < 4.78 is 0. The van der Waals surface area contributed by atoms with Crippen LogP contribution < -0.4 is 5.32 Å². The van der Waals surface area contributed by atoms with Crippen molar-refractivity contribution in [2.45, 2.75) is 59.4 Å². The van der Waals surface area contributed by atoms with Crippen molar-refractivity contribution in [1.29, 1.82) is 0 Å². The topological polar surface area (TPSA) is 12.0 Å². The van der Waals surface area contributed by atoms with Crippen LogP contribution in [0, 0.1) is 0 Å². The monoisotopic (exact) mass is 183 g/mol. The molecule has 0 aliphatic rings. The second-order valence-corrected chi connectivity index (χ2v) is 4.77. The molecule has 0 fully saturated rings. The molecule has 0 saturated heterocycles.